The summed E-state index contributed by atoms with van der Waals surface area (Å²) < 4.78 is 6.34. The van der Waals surface area contributed by atoms with E-state index in [1.54, 1.807) is 0 Å². The molecule has 0 radical (unpaired) electrons. The van der Waals surface area contributed by atoms with Crippen molar-refractivity contribution in [1.82, 2.24) is 0 Å². The highest BCUT2D eigenvalue weighted by Crippen LogP contribution is 2.72. The first-order valence-electron chi connectivity index (χ1n) is 6.90. The molecule has 1 spiro atoms. The summed E-state index contributed by atoms with van der Waals surface area (Å²) in [7, 11) is 0. The Morgan fingerprint density at radius 1 is 1.35 bits per heavy atom. The van der Waals surface area contributed by atoms with Crippen LogP contribution in [0.25, 0.3) is 0 Å². The SMILES string of the molecule is CC1=C[C@]2(O)C[C@@]3(C)CO[C@](C)([C@@H]2C3)C12CC2. The van der Waals surface area contributed by atoms with Gasteiger partial charge < -0.3 is 9.84 Å². The van der Waals surface area contributed by atoms with Gasteiger partial charge in [0.15, 0.2) is 0 Å². The van der Waals surface area contributed by atoms with Crippen molar-refractivity contribution in [2.75, 3.05) is 6.61 Å². The van der Waals surface area contributed by atoms with Crippen molar-refractivity contribution >= 4 is 0 Å². The first kappa shape index (κ1) is 10.6. The minimum absolute atomic E-state index is 0.114. The molecular weight excluding hydrogens is 212 g/mol. The first-order chi connectivity index (χ1) is 7.84. The average Bonchev–Trinajstić information content (AvgIpc) is 2.97. The molecule has 2 saturated carbocycles. The van der Waals surface area contributed by atoms with Gasteiger partial charge in [-0.3, -0.25) is 0 Å². The van der Waals surface area contributed by atoms with Gasteiger partial charge in [-0.25, -0.2) is 0 Å². The summed E-state index contributed by atoms with van der Waals surface area (Å²) in [5, 5.41) is 11.0. The van der Waals surface area contributed by atoms with E-state index < -0.39 is 5.60 Å². The molecule has 2 bridgehead atoms. The van der Waals surface area contributed by atoms with E-state index in [1.165, 1.54) is 18.4 Å². The molecule has 0 amide bonds. The van der Waals surface area contributed by atoms with Crippen LogP contribution >= 0.6 is 0 Å². The third kappa shape index (κ3) is 0.978. The fraction of sp³-hybridized carbons (Fsp3) is 0.867. The van der Waals surface area contributed by atoms with Crippen molar-refractivity contribution in [1.29, 1.82) is 0 Å². The molecule has 4 rings (SSSR count). The maximum Gasteiger partial charge on any atom is 0.0892 e. The van der Waals surface area contributed by atoms with Crippen LogP contribution in [0, 0.1) is 16.7 Å². The summed E-state index contributed by atoms with van der Waals surface area (Å²) in [5.41, 5.74) is 1.12. The lowest BCUT2D eigenvalue weighted by molar-refractivity contribution is -0.185. The third-order valence-corrected chi connectivity index (χ3v) is 6.32. The van der Waals surface area contributed by atoms with Crippen LogP contribution < -0.4 is 0 Å². The second-order valence-corrected chi connectivity index (χ2v) is 7.54. The van der Waals surface area contributed by atoms with Gasteiger partial charge in [-0.15, -0.1) is 0 Å². The monoisotopic (exact) mass is 234 g/mol. The van der Waals surface area contributed by atoms with Gasteiger partial charge in [0.25, 0.3) is 0 Å². The molecule has 0 aromatic heterocycles. The van der Waals surface area contributed by atoms with Crippen LogP contribution in [0.4, 0.5) is 0 Å². The summed E-state index contributed by atoms with van der Waals surface area (Å²) in [6.07, 6.45) is 6.69. The molecule has 1 N–H and O–H groups in total. The molecule has 3 aliphatic carbocycles. The number of rotatable bonds is 0. The van der Waals surface area contributed by atoms with Gasteiger partial charge in [0.05, 0.1) is 17.8 Å². The lowest BCUT2D eigenvalue weighted by Gasteiger charge is -2.53. The van der Waals surface area contributed by atoms with Crippen LogP contribution in [0.15, 0.2) is 11.6 Å². The average molecular weight is 234 g/mol. The Morgan fingerprint density at radius 2 is 2.06 bits per heavy atom. The Labute approximate surface area is 103 Å². The Bertz CT molecular complexity index is 436. The van der Waals surface area contributed by atoms with Crippen LogP contribution in [-0.4, -0.2) is 22.9 Å². The molecule has 0 aromatic rings. The largest absolute Gasteiger partial charge is 0.385 e. The molecule has 2 nitrogen and oxygen atoms in total. The molecule has 0 unspecified atom stereocenters. The van der Waals surface area contributed by atoms with Gasteiger partial charge in [-0.2, -0.15) is 0 Å². The summed E-state index contributed by atoms with van der Waals surface area (Å²) in [5.74, 6) is 0.306. The van der Waals surface area contributed by atoms with E-state index in [2.05, 4.69) is 26.8 Å². The first-order valence-corrected chi connectivity index (χ1v) is 6.90. The summed E-state index contributed by atoms with van der Waals surface area (Å²) in [6.45, 7) is 7.55. The highest BCUT2D eigenvalue weighted by atomic mass is 16.5. The van der Waals surface area contributed by atoms with E-state index in [9.17, 15) is 5.11 Å². The minimum atomic E-state index is -0.599. The number of ether oxygens (including phenoxy) is 1. The van der Waals surface area contributed by atoms with Crippen LogP contribution in [0.1, 0.15) is 46.5 Å². The van der Waals surface area contributed by atoms with E-state index >= 15 is 0 Å². The van der Waals surface area contributed by atoms with Crippen molar-refractivity contribution in [2.24, 2.45) is 16.7 Å². The lowest BCUT2D eigenvalue weighted by Crippen LogP contribution is -2.58. The number of aliphatic hydroxyl groups is 1. The van der Waals surface area contributed by atoms with Crippen LogP contribution in [-0.2, 0) is 4.74 Å². The molecular formula is C15H22O2. The molecule has 1 aliphatic heterocycles. The molecule has 94 valence electrons. The minimum Gasteiger partial charge on any atom is -0.385 e. The fourth-order valence-corrected chi connectivity index (χ4v) is 5.30. The zero-order chi connectivity index (χ0) is 12.1. The van der Waals surface area contributed by atoms with Crippen LogP contribution in [0.3, 0.4) is 0 Å². The van der Waals surface area contributed by atoms with Gasteiger partial charge in [0.2, 0.25) is 0 Å². The summed E-state index contributed by atoms with van der Waals surface area (Å²) in [4.78, 5) is 0. The van der Waals surface area contributed by atoms with Crippen molar-refractivity contribution in [3.8, 4) is 0 Å². The number of hydrogen-bond acceptors (Lipinski definition) is 2. The summed E-state index contributed by atoms with van der Waals surface area (Å²) in [6, 6.07) is 0. The van der Waals surface area contributed by atoms with Crippen LogP contribution in [0.2, 0.25) is 0 Å². The van der Waals surface area contributed by atoms with Crippen LogP contribution in [0.5, 0.6) is 0 Å². The second kappa shape index (κ2) is 2.50. The smallest absolute Gasteiger partial charge is 0.0892 e. The number of fused-ring (bicyclic) bond motifs is 2. The van der Waals surface area contributed by atoms with Crippen molar-refractivity contribution < 1.29 is 9.84 Å². The topological polar surface area (TPSA) is 29.5 Å². The standard InChI is InChI=1S/C15H22O2/c1-10-6-15(16)8-12(2)7-11(15)13(3,17-9-12)14(10)4-5-14/h6,11,16H,4-5,7-9H2,1-3H3/t11-,12-,13+,15-/m0/s1. The highest BCUT2D eigenvalue weighted by Gasteiger charge is 2.73. The van der Waals surface area contributed by atoms with E-state index in [1.807, 2.05) is 0 Å². The quantitative estimate of drug-likeness (QED) is 0.653. The predicted octanol–water partition coefficient (Wildman–Crippen LogP) is 2.66. The lowest BCUT2D eigenvalue weighted by atomic mass is 9.61. The zero-order valence-corrected chi connectivity index (χ0v) is 11.0. The Morgan fingerprint density at radius 3 is 2.71 bits per heavy atom. The maximum absolute atomic E-state index is 11.0. The molecule has 0 aromatic carbocycles. The van der Waals surface area contributed by atoms with E-state index in [0.717, 1.165) is 19.4 Å². The molecule has 17 heavy (non-hydrogen) atoms. The van der Waals surface area contributed by atoms with Gasteiger partial charge in [0.1, 0.15) is 0 Å². The molecule has 4 aliphatic rings. The second-order valence-electron chi connectivity index (χ2n) is 7.54. The van der Waals surface area contributed by atoms with Gasteiger partial charge in [-0.1, -0.05) is 18.6 Å². The maximum atomic E-state index is 11.0. The normalized spacial score (nSPS) is 58.1. The number of hydrogen-bond donors (Lipinski definition) is 1. The molecule has 1 saturated heterocycles. The summed E-state index contributed by atoms with van der Waals surface area (Å²) >= 11 is 0. The molecule has 1 heterocycles. The van der Waals surface area contributed by atoms with Crippen molar-refractivity contribution in [3.05, 3.63) is 11.6 Å². The van der Waals surface area contributed by atoms with Gasteiger partial charge >= 0.3 is 0 Å². The highest BCUT2D eigenvalue weighted by molar-refractivity contribution is 5.39. The Kier molecular flexibility index (Phi) is 1.56. The van der Waals surface area contributed by atoms with Gasteiger partial charge in [-0.05, 0) is 44.9 Å². The van der Waals surface area contributed by atoms with Crippen molar-refractivity contribution in [2.45, 2.75) is 57.7 Å². The molecule has 3 fully saturated rings. The zero-order valence-electron chi connectivity index (χ0n) is 11.0. The Balaban J connectivity index is 1.93. The van der Waals surface area contributed by atoms with E-state index in [-0.39, 0.29) is 16.4 Å². The Hall–Kier alpha value is -0.340. The predicted molar refractivity (Wildman–Crippen MR) is 65.6 cm³/mol. The van der Waals surface area contributed by atoms with E-state index in [4.69, 9.17) is 4.74 Å². The fourth-order valence-electron chi connectivity index (χ4n) is 5.30. The van der Waals surface area contributed by atoms with E-state index in [0.29, 0.717) is 5.92 Å². The van der Waals surface area contributed by atoms with Crippen molar-refractivity contribution in [3.63, 3.8) is 0 Å². The molecule has 4 atom stereocenters. The third-order valence-electron chi connectivity index (χ3n) is 6.32. The van der Waals surface area contributed by atoms with Gasteiger partial charge in [0, 0.05) is 11.3 Å². The molecule has 2 heteroatoms.